The molecular formula is C9H7BO. The van der Waals surface area contributed by atoms with E-state index in [1.807, 2.05) is 24.3 Å². The van der Waals surface area contributed by atoms with Gasteiger partial charge in [0.1, 0.15) is 5.78 Å². The van der Waals surface area contributed by atoms with Crippen LogP contribution in [0.15, 0.2) is 24.3 Å². The monoisotopic (exact) mass is 142 g/mol. The number of Topliss-reactive ketones (excluding diaryl/α,β-unsaturated/α-hetero) is 1. The fourth-order valence-electron chi connectivity index (χ4n) is 1.47. The highest BCUT2D eigenvalue weighted by Gasteiger charge is 2.24. The predicted molar refractivity (Wildman–Crippen MR) is 43.6 cm³/mol. The Labute approximate surface area is 66.8 Å². The van der Waals surface area contributed by atoms with E-state index >= 15 is 0 Å². The number of carbonyl (C=O) groups excluding carboxylic acids is 1. The Morgan fingerprint density at radius 1 is 1.36 bits per heavy atom. The van der Waals surface area contributed by atoms with Crippen molar-refractivity contribution in [2.24, 2.45) is 0 Å². The highest BCUT2D eigenvalue weighted by atomic mass is 16.1. The van der Waals surface area contributed by atoms with Gasteiger partial charge in [-0.2, -0.15) is 0 Å². The summed E-state index contributed by atoms with van der Waals surface area (Å²) in [5.41, 5.74) is 2.09. The van der Waals surface area contributed by atoms with E-state index in [0.29, 0.717) is 6.42 Å². The zero-order valence-corrected chi connectivity index (χ0v) is 6.08. The van der Waals surface area contributed by atoms with Crippen LogP contribution in [0.25, 0.3) is 0 Å². The van der Waals surface area contributed by atoms with E-state index in [2.05, 4.69) is 0 Å². The molecule has 0 heterocycles. The zero-order valence-electron chi connectivity index (χ0n) is 6.08. The molecule has 2 heteroatoms. The number of carbonyl (C=O) groups is 1. The molecule has 1 unspecified atom stereocenters. The Kier molecular flexibility index (Phi) is 1.35. The SMILES string of the molecule is [B]C1C(=O)Cc2ccccc21. The molecule has 1 aromatic carbocycles. The van der Waals surface area contributed by atoms with Gasteiger partial charge in [-0.15, -0.1) is 0 Å². The molecule has 0 N–H and O–H groups in total. The van der Waals surface area contributed by atoms with Crippen LogP contribution in [0.4, 0.5) is 0 Å². The quantitative estimate of drug-likeness (QED) is 0.494. The number of benzene rings is 1. The van der Waals surface area contributed by atoms with E-state index in [1.165, 1.54) is 0 Å². The van der Waals surface area contributed by atoms with Gasteiger partial charge in [-0.25, -0.2) is 0 Å². The fraction of sp³-hybridized carbons (Fsp3) is 0.222. The molecule has 1 aliphatic rings. The highest BCUT2D eigenvalue weighted by Crippen LogP contribution is 2.26. The number of ketones is 1. The summed E-state index contributed by atoms with van der Waals surface area (Å²) in [6.07, 6.45) is 0.511. The molecule has 2 rings (SSSR count). The summed E-state index contributed by atoms with van der Waals surface area (Å²) >= 11 is 0. The van der Waals surface area contributed by atoms with E-state index in [4.69, 9.17) is 7.85 Å². The van der Waals surface area contributed by atoms with Crippen molar-refractivity contribution in [3.8, 4) is 0 Å². The van der Waals surface area contributed by atoms with Gasteiger partial charge in [0, 0.05) is 12.2 Å². The summed E-state index contributed by atoms with van der Waals surface area (Å²) in [6, 6.07) is 7.73. The lowest BCUT2D eigenvalue weighted by atomic mass is 9.82. The minimum Gasteiger partial charge on any atom is -0.300 e. The van der Waals surface area contributed by atoms with E-state index in [9.17, 15) is 4.79 Å². The molecule has 0 saturated heterocycles. The lowest BCUT2D eigenvalue weighted by molar-refractivity contribution is -0.117. The van der Waals surface area contributed by atoms with Crippen molar-refractivity contribution >= 4 is 13.6 Å². The van der Waals surface area contributed by atoms with Gasteiger partial charge in [0.05, 0.1) is 7.85 Å². The summed E-state index contributed by atoms with van der Waals surface area (Å²) in [6.45, 7) is 0. The van der Waals surface area contributed by atoms with Crippen molar-refractivity contribution in [2.45, 2.75) is 12.2 Å². The Morgan fingerprint density at radius 2 is 2.09 bits per heavy atom. The van der Waals surface area contributed by atoms with Gasteiger partial charge in [0.15, 0.2) is 0 Å². The van der Waals surface area contributed by atoms with Gasteiger partial charge in [-0.1, -0.05) is 24.3 Å². The van der Waals surface area contributed by atoms with Gasteiger partial charge in [-0.3, -0.25) is 4.79 Å². The second-order valence-electron chi connectivity index (χ2n) is 2.82. The first-order valence-electron chi connectivity index (χ1n) is 3.65. The van der Waals surface area contributed by atoms with E-state index in [0.717, 1.165) is 11.1 Å². The summed E-state index contributed by atoms with van der Waals surface area (Å²) in [5.74, 6) is -0.239. The number of fused-ring (bicyclic) bond motifs is 1. The van der Waals surface area contributed by atoms with Crippen molar-refractivity contribution in [1.82, 2.24) is 0 Å². The van der Waals surface area contributed by atoms with Crippen molar-refractivity contribution < 1.29 is 4.79 Å². The second-order valence-corrected chi connectivity index (χ2v) is 2.82. The van der Waals surface area contributed by atoms with Gasteiger partial charge in [0.25, 0.3) is 0 Å². The van der Waals surface area contributed by atoms with Crippen molar-refractivity contribution in [3.63, 3.8) is 0 Å². The smallest absolute Gasteiger partial charge is 0.135 e. The van der Waals surface area contributed by atoms with E-state index < -0.39 is 0 Å². The molecule has 1 atom stereocenters. The lowest BCUT2D eigenvalue weighted by Gasteiger charge is -2.00. The van der Waals surface area contributed by atoms with Crippen LogP contribution >= 0.6 is 0 Å². The Bertz CT molecular complexity index is 306. The molecule has 11 heavy (non-hydrogen) atoms. The highest BCUT2D eigenvalue weighted by molar-refractivity contribution is 6.26. The van der Waals surface area contributed by atoms with Crippen molar-refractivity contribution in [2.75, 3.05) is 0 Å². The molecule has 0 spiro atoms. The predicted octanol–water partition coefficient (Wildman–Crippen LogP) is 1.02. The average Bonchev–Trinajstić information content (AvgIpc) is 2.30. The Morgan fingerprint density at radius 3 is 2.82 bits per heavy atom. The Balaban J connectivity index is 2.55. The summed E-state index contributed by atoms with van der Waals surface area (Å²) in [4.78, 5) is 11.1. The number of hydrogen-bond acceptors (Lipinski definition) is 1. The van der Waals surface area contributed by atoms with Crippen LogP contribution in [0.5, 0.6) is 0 Å². The molecule has 0 fully saturated rings. The van der Waals surface area contributed by atoms with Crippen LogP contribution < -0.4 is 0 Å². The lowest BCUT2D eigenvalue weighted by Crippen LogP contribution is -2.04. The first-order chi connectivity index (χ1) is 5.29. The minimum atomic E-state index is -0.369. The van der Waals surface area contributed by atoms with E-state index in [-0.39, 0.29) is 11.6 Å². The molecule has 0 bridgehead atoms. The molecule has 1 aromatic rings. The second kappa shape index (κ2) is 2.23. The standard InChI is InChI=1S/C9H7BO/c10-9-7-4-2-1-3-6(7)5-8(9)11/h1-4,9H,5H2. The maximum atomic E-state index is 11.1. The van der Waals surface area contributed by atoms with Crippen LogP contribution in [-0.2, 0) is 11.2 Å². The van der Waals surface area contributed by atoms with Gasteiger partial charge in [-0.05, 0) is 11.1 Å². The van der Waals surface area contributed by atoms with Crippen LogP contribution in [0, 0.1) is 0 Å². The maximum Gasteiger partial charge on any atom is 0.135 e. The molecule has 0 aromatic heterocycles. The molecule has 0 aliphatic heterocycles. The molecule has 1 nitrogen and oxygen atoms in total. The molecule has 0 amide bonds. The fourth-order valence-corrected chi connectivity index (χ4v) is 1.47. The minimum absolute atomic E-state index is 0.131. The van der Waals surface area contributed by atoms with Crippen molar-refractivity contribution in [1.29, 1.82) is 0 Å². The maximum absolute atomic E-state index is 11.1. The molecule has 0 saturated carbocycles. The number of rotatable bonds is 0. The summed E-state index contributed by atoms with van der Waals surface area (Å²) in [7, 11) is 5.64. The van der Waals surface area contributed by atoms with Crippen molar-refractivity contribution in [3.05, 3.63) is 35.4 Å². The summed E-state index contributed by atoms with van der Waals surface area (Å²) in [5, 5.41) is 0. The molecule has 52 valence electrons. The summed E-state index contributed by atoms with van der Waals surface area (Å²) < 4.78 is 0. The first-order valence-corrected chi connectivity index (χ1v) is 3.65. The van der Waals surface area contributed by atoms with Crippen LogP contribution in [-0.4, -0.2) is 13.6 Å². The van der Waals surface area contributed by atoms with Gasteiger partial charge >= 0.3 is 0 Å². The average molecular weight is 142 g/mol. The third kappa shape index (κ3) is 0.899. The zero-order chi connectivity index (χ0) is 7.84. The normalized spacial score (nSPS) is 21.8. The Hall–Kier alpha value is -1.05. The van der Waals surface area contributed by atoms with Gasteiger partial charge < -0.3 is 0 Å². The third-order valence-electron chi connectivity index (χ3n) is 2.10. The van der Waals surface area contributed by atoms with Crippen LogP contribution in [0.1, 0.15) is 16.9 Å². The first kappa shape index (κ1) is 6.65. The van der Waals surface area contributed by atoms with Crippen LogP contribution in [0.2, 0.25) is 0 Å². The molecule has 1 aliphatic carbocycles. The molecular weight excluding hydrogens is 135 g/mol. The topological polar surface area (TPSA) is 17.1 Å². The van der Waals surface area contributed by atoms with E-state index in [1.54, 1.807) is 0 Å². The van der Waals surface area contributed by atoms with Gasteiger partial charge in [0.2, 0.25) is 0 Å². The largest absolute Gasteiger partial charge is 0.300 e. The number of hydrogen-bond donors (Lipinski definition) is 0. The third-order valence-corrected chi connectivity index (χ3v) is 2.10. The van der Waals surface area contributed by atoms with Crippen LogP contribution in [0.3, 0.4) is 0 Å². The molecule has 2 radical (unpaired) electrons.